The maximum Gasteiger partial charge on any atom is 0.0464 e. The molecule has 0 amide bonds. The van der Waals surface area contributed by atoms with Gasteiger partial charge in [0.1, 0.15) is 0 Å². The quantitative estimate of drug-likeness (QED) is 0.861. The van der Waals surface area contributed by atoms with Gasteiger partial charge in [-0.15, -0.1) is 11.8 Å². The summed E-state index contributed by atoms with van der Waals surface area (Å²) in [4.78, 5) is 0. The van der Waals surface area contributed by atoms with Crippen LogP contribution in [0.2, 0.25) is 0 Å². The van der Waals surface area contributed by atoms with Crippen LogP contribution in [0.1, 0.15) is 31.0 Å². The Morgan fingerprint density at radius 2 is 1.80 bits per heavy atom. The molecule has 1 aliphatic rings. The smallest absolute Gasteiger partial charge is 0.0464 e. The Hall–Kier alpha value is -1.25. The average Bonchev–Trinajstić information content (AvgIpc) is 2.47. The highest BCUT2D eigenvalue weighted by Gasteiger charge is 2.35. The summed E-state index contributed by atoms with van der Waals surface area (Å²) in [6, 6.07) is 17.9. The lowest BCUT2D eigenvalue weighted by atomic mass is 9.89. The molecule has 0 saturated heterocycles. The molecule has 0 aliphatic carbocycles. The Balaban J connectivity index is 2.08. The van der Waals surface area contributed by atoms with E-state index >= 15 is 0 Å². The minimum Gasteiger partial charge on any atom is -0.312 e. The van der Waals surface area contributed by atoms with Gasteiger partial charge in [-0.1, -0.05) is 42.5 Å². The van der Waals surface area contributed by atoms with Crippen molar-refractivity contribution in [1.29, 1.82) is 0 Å². The zero-order valence-corrected chi connectivity index (χ0v) is 13.1. The molecule has 0 fully saturated rings. The van der Waals surface area contributed by atoms with E-state index in [0.717, 1.165) is 5.75 Å². The number of hydrogen-bond acceptors (Lipinski definition) is 2. The highest BCUT2D eigenvalue weighted by atomic mass is 32.2. The van der Waals surface area contributed by atoms with E-state index in [1.54, 1.807) is 0 Å². The van der Waals surface area contributed by atoms with Crippen LogP contribution in [0.5, 0.6) is 0 Å². The molecule has 1 nitrogen and oxygen atoms in total. The van der Waals surface area contributed by atoms with E-state index in [-0.39, 0.29) is 4.75 Å². The molecule has 0 aromatic heterocycles. The van der Waals surface area contributed by atoms with E-state index in [9.17, 15) is 0 Å². The predicted octanol–water partition coefficient (Wildman–Crippen LogP) is 4.64. The molecule has 2 aromatic carbocycles. The summed E-state index contributed by atoms with van der Waals surface area (Å²) >= 11 is 2.03. The fraction of sp³-hybridized carbons (Fsp3) is 0.333. The van der Waals surface area contributed by atoms with Crippen LogP contribution in [0.3, 0.4) is 0 Å². The topological polar surface area (TPSA) is 12.0 Å². The van der Waals surface area contributed by atoms with Crippen LogP contribution in [0.15, 0.2) is 48.5 Å². The Bertz CT molecular complexity index is 604. The summed E-state index contributed by atoms with van der Waals surface area (Å²) < 4.78 is 0.233. The maximum atomic E-state index is 3.51. The van der Waals surface area contributed by atoms with Crippen molar-refractivity contribution in [3.8, 4) is 11.1 Å². The molecule has 2 heteroatoms. The lowest BCUT2D eigenvalue weighted by Crippen LogP contribution is -2.38. The molecule has 1 atom stereocenters. The fourth-order valence-electron chi connectivity index (χ4n) is 3.03. The zero-order chi connectivity index (χ0) is 14.2. The molecule has 0 spiro atoms. The third-order valence-electron chi connectivity index (χ3n) is 4.15. The number of fused-ring (bicyclic) bond motifs is 1. The summed E-state index contributed by atoms with van der Waals surface area (Å²) in [6.07, 6.45) is 0. The number of rotatable bonds is 2. The van der Waals surface area contributed by atoms with Gasteiger partial charge in [0.2, 0.25) is 0 Å². The van der Waals surface area contributed by atoms with E-state index in [2.05, 4.69) is 74.7 Å². The van der Waals surface area contributed by atoms with Gasteiger partial charge in [0, 0.05) is 16.5 Å². The molecule has 0 saturated carbocycles. The minimum absolute atomic E-state index is 0.233. The van der Waals surface area contributed by atoms with Crippen LogP contribution in [0.4, 0.5) is 0 Å². The first kappa shape index (κ1) is 13.7. The molecule has 1 heterocycles. The van der Waals surface area contributed by atoms with Crippen LogP contribution < -0.4 is 5.32 Å². The largest absolute Gasteiger partial charge is 0.312 e. The van der Waals surface area contributed by atoms with Crippen molar-refractivity contribution in [2.75, 3.05) is 7.05 Å². The van der Waals surface area contributed by atoms with E-state index in [0.29, 0.717) is 6.04 Å². The Morgan fingerprint density at radius 3 is 2.50 bits per heavy atom. The fourth-order valence-corrected chi connectivity index (χ4v) is 4.23. The first-order chi connectivity index (χ1) is 9.62. The summed E-state index contributed by atoms with van der Waals surface area (Å²) in [7, 11) is 2.07. The second-order valence-corrected chi connectivity index (χ2v) is 7.52. The maximum absolute atomic E-state index is 3.51. The molecule has 2 aromatic rings. The molecular weight excluding hydrogens is 262 g/mol. The number of thioether (sulfide) groups is 1. The predicted molar refractivity (Wildman–Crippen MR) is 89.1 cm³/mol. The normalized spacial score (nSPS) is 20.4. The highest BCUT2D eigenvalue weighted by molar-refractivity contribution is 8.00. The number of nitrogens with one attached hydrogen (secondary N) is 1. The summed E-state index contributed by atoms with van der Waals surface area (Å²) in [5.41, 5.74) is 5.53. The van der Waals surface area contributed by atoms with E-state index in [4.69, 9.17) is 0 Å². The van der Waals surface area contributed by atoms with Gasteiger partial charge in [0.15, 0.2) is 0 Å². The van der Waals surface area contributed by atoms with Crippen LogP contribution in [-0.2, 0) is 5.75 Å². The van der Waals surface area contributed by atoms with Crippen LogP contribution in [0, 0.1) is 0 Å². The first-order valence-electron chi connectivity index (χ1n) is 7.11. The summed E-state index contributed by atoms with van der Waals surface area (Å²) in [5, 5.41) is 3.51. The van der Waals surface area contributed by atoms with Crippen molar-refractivity contribution < 1.29 is 0 Å². The van der Waals surface area contributed by atoms with E-state index in [1.807, 2.05) is 11.8 Å². The first-order valence-corrected chi connectivity index (χ1v) is 8.10. The number of hydrogen-bond donors (Lipinski definition) is 1. The van der Waals surface area contributed by atoms with Gasteiger partial charge in [0.05, 0.1) is 0 Å². The van der Waals surface area contributed by atoms with Gasteiger partial charge in [-0.2, -0.15) is 0 Å². The van der Waals surface area contributed by atoms with Crippen molar-refractivity contribution in [3.05, 3.63) is 59.7 Å². The molecule has 0 radical (unpaired) electrons. The van der Waals surface area contributed by atoms with Crippen molar-refractivity contribution >= 4 is 11.8 Å². The van der Waals surface area contributed by atoms with Gasteiger partial charge in [-0.05, 0) is 49.2 Å². The second-order valence-electron chi connectivity index (χ2n) is 5.89. The highest BCUT2D eigenvalue weighted by Crippen LogP contribution is 2.46. The van der Waals surface area contributed by atoms with Crippen molar-refractivity contribution in [2.45, 2.75) is 30.4 Å². The molecule has 20 heavy (non-hydrogen) atoms. The van der Waals surface area contributed by atoms with Crippen molar-refractivity contribution in [1.82, 2.24) is 5.32 Å². The average molecular weight is 283 g/mol. The van der Waals surface area contributed by atoms with Gasteiger partial charge in [-0.3, -0.25) is 0 Å². The Kier molecular flexibility index (Phi) is 3.61. The van der Waals surface area contributed by atoms with Gasteiger partial charge in [-0.25, -0.2) is 0 Å². The minimum atomic E-state index is 0.233. The molecule has 0 bridgehead atoms. The SMILES string of the molecule is CNC1c2cc(-c3ccccc3)ccc2CSC1(C)C. The van der Waals surface area contributed by atoms with Crippen LogP contribution in [0.25, 0.3) is 11.1 Å². The third-order valence-corrected chi connectivity index (χ3v) is 5.58. The monoisotopic (exact) mass is 283 g/mol. The molecule has 104 valence electrons. The molecule has 3 rings (SSSR count). The standard InChI is InChI=1S/C18H21NS/c1-18(2)17(19-3)16-11-14(9-10-15(16)12-20-18)13-7-5-4-6-8-13/h4-11,17,19H,12H2,1-3H3. The third kappa shape index (κ3) is 2.38. The van der Waals surface area contributed by atoms with E-state index < -0.39 is 0 Å². The lowest BCUT2D eigenvalue weighted by Gasteiger charge is -2.39. The van der Waals surface area contributed by atoms with E-state index in [1.165, 1.54) is 22.3 Å². The van der Waals surface area contributed by atoms with Crippen LogP contribution in [-0.4, -0.2) is 11.8 Å². The Morgan fingerprint density at radius 1 is 1.05 bits per heavy atom. The van der Waals surface area contributed by atoms with Crippen molar-refractivity contribution in [3.63, 3.8) is 0 Å². The van der Waals surface area contributed by atoms with Crippen molar-refractivity contribution in [2.24, 2.45) is 0 Å². The molecule has 1 N–H and O–H groups in total. The van der Waals surface area contributed by atoms with Gasteiger partial charge < -0.3 is 5.32 Å². The molecule has 1 aliphatic heterocycles. The summed E-state index contributed by atoms with van der Waals surface area (Å²) in [6.45, 7) is 4.66. The summed E-state index contributed by atoms with van der Waals surface area (Å²) in [5.74, 6) is 1.11. The van der Waals surface area contributed by atoms with Crippen LogP contribution >= 0.6 is 11.8 Å². The molecular formula is C18H21NS. The lowest BCUT2D eigenvalue weighted by molar-refractivity contribution is 0.474. The van der Waals surface area contributed by atoms with Gasteiger partial charge >= 0.3 is 0 Å². The molecule has 1 unspecified atom stereocenters. The zero-order valence-electron chi connectivity index (χ0n) is 12.3. The number of benzene rings is 2. The Labute approximate surface area is 125 Å². The second kappa shape index (κ2) is 5.27. The van der Waals surface area contributed by atoms with Gasteiger partial charge in [0.25, 0.3) is 0 Å².